The summed E-state index contributed by atoms with van der Waals surface area (Å²) in [6.45, 7) is 0.729. The monoisotopic (exact) mass is 490 g/mol. The quantitative estimate of drug-likeness (QED) is 0.311. The molecule has 0 heterocycles. The second-order valence-electron chi connectivity index (χ2n) is 6.36. The molecule has 7 nitrogen and oxygen atoms in total. The zero-order chi connectivity index (χ0) is 18.8. The van der Waals surface area contributed by atoms with Crippen LogP contribution in [0.2, 0.25) is 0 Å². The minimum absolute atomic E-state index is 0. The molecule has 1 aliphatic rings. The number of hydrogen-bond donors (Lipinski definition) is 3. The van der Waals surface area contributed by atoms with Crippen LogP contribution in [-0.2, 0) is 11.3 Å². The van der Waals surface area contributed by atoms with Crippen LogP contribution >= 0.6 is 24.0 Å². The molecule has 1 fully saturated rings. The molecule has 1 aromatic rings. The average molecular weight is 490 g/mol. The van der Waals surface area contributed by atoms with E-state index in [4.69, 9.17) is 9.47 Å². The Labute approximate surface area is 178 Å². The third kappa shape index (κ3) is 7.82. The van der Waals surface area contributed by atoms with Gasteiger partial charge in [-0.05, 0) is 25.0 Å². The summed E-state index contributed by atoms with van der Waals surface area (Å²) in [6, 6.07) is 5.97. The highest BCUT2D eigenvalue weighted by molar-refractivity contribution is 14.0. The molecule has 1 saturated carbocycles. The number of amides is 1. The zero-order valence-corrected chi connectivity index (χ0v) is 18.7. The number of guanidine groups is 1. The molecule has 3 N–H and O–H groups in total. The van der Waals surface area contributed by atoms with Crippen molar-refractivity contribution in [3.63, 3.8) is 0 Å². The van der Waals surface area contributed by atoms with Crippen molar-refractivity contribution in [1.82, 2.24) is 16.0 Å². The lowest BCUT2D eigenvalue weighted by Gasteiger charge is -2.23. The molecule has 0 spiro atoms. The summed E-state index contributed by atoms with van der Waals surface area (Å²) in [6.07, 6.45) is 5.83. The molecule has 0 saturated heterocycles. The van der Waals surface area contributed by atoms with Gasteiger partial charge in [0, 0.05) is 31.3 Å². The molecule has 2 rings (SSSR count). The molecule has 0 bridgehead atoms. The predicted octanol–water partition coefficient (Wildman–Crippen LogP) is 2.44. The fourth-order valence-corrected chi connectivity index (χ4v) is 3.09. The maximum atomic E-state index is 12.1. The number of hydrogen-bond acceptors (Lipinski definition) is 4. The predicted molar refractivity (Wildman–Crippen MR) is 118 cm³/mol. The zero-order valence-electron chi connectivity index (χ0n) is 16.3. The van der Waals surface area contributed by atoms with Crippen molar-refractivity contribution < 1.29 is 14.3 Å². The van der Waals surface area contributed by atoms with Gasteiger partial charge in [-0.1, -0.05) is 19.3 Å². The van der Waals surface area contributed by atoms with Gasteiger partial charge in [-0.15, -0.1) is 24.0 Å². The minimum atomic E-state index is 0. The first-order valence-electron chi connectivity index (χ1n) is 9.11. The van der Waals surface area contributed by atoms with Crippen molar-refractivity contribution >= 4 is 35.8 Å². The normalized spacial score (nSPS) is 14.7. The van der Waals surface area contributed by atoms with Gasteiger partial charge in [0.05, 0.1) is 20.8 Å². The number of methoxy groups -OCH3 is 2. The molecule has 8 heteroatoms. The molecule has 1 aromatic carbocycles. The largest absolute Gasteiger partial charge is 0.497 e. The van der Waals surface area contributed by atoms with Crippen LogP contribution in [0.5, 0.6) is 11.5 Å². The van der Waals surface area contributed by atoms with Crippen LogP contribution in [0.25, 0.3) is 0 Å². The van der Waals surface area contributed by atoms with Gasteiger partial charge in [-0.2, -0.15) is 0 Å². The second kappa shape index (κ2) is 12.6. The van der Waals surface area contributed by atoms with Gasteiger partial charge in [0.15, 0.2) is 5.96 Å². The summed E-state index contributed by atoms with van der Waals surface area (Å²) in [4.78, 5) is 16.2. The fraction of sp³-hybridized carbons (Fsp3) is 0.579. The van der Waals surface area contributed by atoms with Crippen LogP contribution in [0.15, 0.2) is 23.2 Å². The summed E-state index contributed by atoms with van der Waals surface area (Å²) in [5, 5.41) is 9.33. The highest BCUT2D eigenvalue weighted by Crippen LogP contribution is 2.24. The SMILES string of the molecule is CN=C(NCC(=O)NC1CCCCC1)NCc1ccc(OC)cc1OC.I. The van der Waals surface area contributed by atoms with Crippen LogP contribution in [-0.4, -0.2) is 45.7 Å². The number of benzene rings is 1. The average Bonchev–Trinajstić information content (AvgIpc) is 2.68. The van der Waals surface area contributed by atoms with E-state index in [0.717, 1.165) is 29.9 Å². The van der Waals surface area contributed by atoms with Crippen LogP contribution in [0.1, 0.15) is 37.7 Å². The number of carbonyl (C=O) groups is 1. The summed E-state index contributed by atoms with van der Waals surface area (Å²) >= 11 is 0. The topological polar surface area (TPSA) is 84.0 Å². The van der Waals surface area contributed by atoms with E-state index in [1.807, 2.05) is 18.2 Å². The Morgan fingerprint density at radius 2 is 1.89 bits per heavy atom. The van der Waals surface area contributed by atoms with Gasteiger partial charge in [-0.3, -0.25) is 9.79 Å². The number of aliphatic imine (C=N–C) groups is 1. The fourth-order valence-electron chi connectivity index (χ4n) is 3.09. The number of halogens is 1. The standard InChI is InChI=1S/C19H30N4O3.HI/c1-20-19(22-13-18(24)23-15-7-5-4-6-8-15)21-12-14-9-10-16(25-2)11-17(14)26-3;/h9-11,15H,4-8,12-13H2,1-3H3,(H,23,24)(H2,20,21,22);1H. The third-order valence-electron chi connectivity index (χ3n) is 4.55. The van der Waals surface area contributed by atoms with Crippen molar-refractivity contribution in [2.24, 2.45) is 4.99 Å². The van der Waals surface area contributed by atoms with E-state index in [-0.39, 0.29) is 36.4 Å². The number of ether oxygens (including phenoxy) is 2. The van der Waals surface area contributed by atoms with Crippen molar-refractivity contribution in [1.29, 1.82) is 0 Å². The van der Waals surface area contributed by atoms with Crippen molar-refractivity contribution in [3.05, 3.63) is 23.8 Å². The number of rotatable bonds is 7. The lowest BCUT2D eigenvalue weighted by molar-refractivity contribution is -0.120. The highest BCUT2D eigenvalue weighted by atomic mass is 127. The van der Waals surface area contributed by atoms with Crippen LogP contribution < -0.4 is 25.4 Å². The van der Waals surface area contributed by atoms with E-state index >= 15 is 0 Å². The van der Waals surface area contributed by atoms with Crippen molar-refractivity contribution in [2.45, 2.75) is 44.7 Å². The molecule has 1 amide bonds. The molecule has 1 aliphatic carbocycles. The summed E-state index contributed by atoms with van der Waals surface area (Å²) in [5.74, 6) is 2.05. The molecule has 152 valence electrons. The Hall–Kier alpha value is -1.71. The molecule has 27 heavy (non-hydrogen) atoms. The molecule has 0 atom stereocenters. The molecule has 0 unspecified atom stereocenters. The first-order valence-corrected chi connectivity index (χ1v) is 9.11. The van der Waals surface area contributed by atoms with Crippen LogP contribution in [0.3, 0.4) is 0 Å². The summed E-state index contributed by atoms with van der Waals surface area (Å²) in [5.41, 5.74) is 0.975. The second-order valence-corrected chi connectivity index (χ2v) is 6.36. The van der Waals surface area contributed by atoms with E-state index in [2.05, 4.69) is 20.9 Å². The van der Waals surface area contributed by atoms with Gasteiger partial charge >= 0.3 is 0 Å². The molecule has 0 aromatic heterocycles. The van der Waals surface area contributed by atoms with Gasteiger partial charge in [0.1, 0.15) is 11.5 Å². The highest BCUT2D eigenvalue weighted by Gasteiger charge is 2.15. The first kappa shape index (κ1) is 23.3. The molecule has 0 radical (unpaired) electrons. The van der Waals surface area contributed by atoms with E-state index in [9.17, 15) is 4.79 Å². The van der Waals surface area contributed by atoms with Crippen molar-refractivity contribution in [2.75, 3.05) is 27.8 Å². The summed E-state index contributed by atoms with van der Waals surface area (Å²) in [7, 11) is 4.93. The van der Waals surface area contributed by atoms with Gasteiger partial charge < -0.3 is 25.4 Å². The lowest BCUT2D eigenvalue weighted by Crippen LogP contribution is -2.45. The Kier molecular flexibility index (Phi) is 10.9. The van der Waals surface area contributed by atoms with Crippen molar-refractivity contribution in [3.8, 4) is 11.5 Å². The minimum Gasteiger partial charge on any atom is -0.497 e. The van der Waals surface area contributed by atoms with Crippen LogP contribution in [0.4, 0.5) is 0 Å². The smallest absolute Gasteiger partial charge is 0.239 e. The van der Waals surface area contributed by atoms with E-state index in [0.29, 0.717) is 18.5 Å². The third-order valence-corrected chi connectivity index (χ3v) is 4.55. The number of nitrogens with zero attached hydrogens (tertiary/aromatic N) is 1. The Morgan fingerprint density at radius 1 is 1.15 bits per heavy atom. The Balaban J connectivity index is 0.00000364. The van der Waals surface area contributed by atoms with E-state index in [1.165, 1.54) is 19.3 Å². The van der Waals surface area contributed by atoms with E-state index < -0.39 is 0 Å². The maximum Gasteiger partial charge on any atom is 0.239 e. The van der Waals surface area contributed by atoms with Crippen LogP contribution in [0, 0.1) is 0 Å². The van der Waals surface area contributed by atoms with Gasteiger partial charge in [0.25, 0.3) is 0 Å². The molecule has 0 aliphatic heterocycles. The first-order chi connectivity index (χ1) is 12.7. The molecular weight excluding hydrogens is 459 g/mol. The lowest BCUT2D eigenvalue weighted by atomic mass is 9.95. The Bertz CT molecular complexity index is 619. The Morgan fingerprint density at radius 3 is 2.52 bits per heavy atom. The van der Waals surface area contributed by atoms with Gasteiger partial charge in [0.2, 0.25) is 5.91 Å². The summed E-state index contributed by atoms with van der Waals surface area (Å²) < 4.78 is 10.6. The number of carbonyl (C=O) groups excluding carboxylic acids is 1. The van der Waals surface area contributed by atoms with E-state index in [1.54, 1.807) is 21.3 Å². The maximum absolute atomic E-state index is 12.1. The molecular formula is C19H31IN4O3. The van der Waals surface area contributed by atoms with Gasteiger partial charge in [-0.25, -0.2) is 0 Å². The number of nitrogens with one attached hydrogen (secondary N) is 3.